The first-order chi connectivity index (χ1) is 7.28. The number of halogens is 1. The summed E-state index contributed by atoms with van der Waals surface area (Å²) in [5.41, 5.74) is 0.833. The maximum atomic E-state index is 12.3. The molecule has 0 spiro atoms. The van der Waals surface area contributed by atoms with Crippen LogP contribution in [0.1, 0.15) is 5.56 Å². The second-order valence-corrected chi connectivity index (χ2v) is 6.07. The third-order valence-electron chi connectivity index (χ3n) is 1.64. The second-order valence-electron chi connectivity index (χ2n) is 3.31. The van der Waals surface area contributed by atoms with Gasteiger partial charge in [0.2, 0.25) is 0 Å². The zero-order valence-electron chi connectivity index (χ0n) is 9.10. The van der Waals surface area contributed by atoms with Gasteiger partial charge in [0, 0.05) is 6.07 Å². The van der Waals surface area contributed by atoms with Crippen molar-refractivity contribution < 1.29 is 21.0 Å². The molecule has 7 heteroatoms. The molecule has 0 saturated carbocycles. The van der Waals surface area contributed by atoms with Gasteiger partial charge < -0.3 is 8.71 Å². The Morgan fingerprint density at radius 1 is 1.31 bits per heavy atom. The van der Waals surface area contributed by atoms with Crippen molar-refractivity contribution in [3.05, 3.63) is 23.8 Å². The summed E-state index contributed by atoms with van der Waals surface area (Å²) in [6, 6.07) is 4.33. The lowest BCUT2D eigenvalue weighted by Gasteiger charge is -2.12. The smallest absolute Gasteiger partial charge is 0.474 e. The maximum Gasteiger partial charge on any atom is 0.488 e. The van der Waals surface area contributed by atoms with Gasteiger partial charge in [-0.25, -0.2) is 0 Å². The topological polar surface area (TPSA) is 52.6 Å². The molecule has 90 valence electrons. The Morgan fingerprint density at radius 2 is 1.94 bits per heavy atom. The Morgan fingerprint density at radius 3 is 2.44 bits per heavy atom. The van der Waals surface area contributed by atoms with Crippen molar-refractivity contribution in [2.75, 3.05) is 13.3 Å². The maximum absolute atomic E-state index is 12.3. The summed E-state index contributed by atoms with van der Waals surface area (Å²) in [6.45, 7) is 5.60. The van der Waals surface area contributed by atoms with Crippen LogP contribution in [0.5, 0.6) is 11.5 Å². The molecule has 0 amide bonds. The van der Waals surface area contributed by atoms with Gasteiger partial charge in [0.1, 0.15) is 11.5 Å². The minimum Gasteiger partial charge on any atom is -0.474 e. The van der Waals surface area contributed by atoms with Crippen LogP contribution >= 0.6 is 8.15 Å². The molecule has 0 aliphatic rings. The van der Waals surface area contributed by atoms with Crippen LogP contribution in [0, 0.1) is 6.92 Å². The van der Waals surface area contributed by atoms with Gasteiger partial charge in [-0.3, -0.25) is 0 Å². The highest BCUT2D eigenvalue weighted by Crippen LogP contribution is 2.34. The molecule has 0 unspecified atom stereocenters. The molecular formula is C9H12FO4PS. The lowest BCUT2D eigenvalue weighted by Crippen LogP contribution is -2.01. The summed E-state index contributed by atoms with van der Waals surface area (Å²) in [4.78, 5) is 0. The Bertz CT molecular complexity index is 472. The molecular weight excluding hydrogens is 254 g/mol. The minimum atomic E-state index is -4.99. The van der Waals surface area contributed by atoms with Gasteiger partial charge >= 0.3 is 10.5 Å². The van der Waals surface area contributed by atoms with Gasteiger partial charge in [-0.15, -0.1) is 0 Å². The quantitative estimate of drug-likeness (QED) is 0.621. The van der Waals surface area contributed by atoms with Crippen LogP contribution in [0.25, 0.3) is 0 Å². The summed E-state index contributed by atoms with van der Waals surface area (Å²) < 4.78 is 42.4. The molecule has 4 nitrogen and oxygen atoms in total. The first-order valence-corrected chi connectivity index (χ1v) is 7.84. The van der Waals surface area contributed by atoms with E-state index in [0.29, 0.717) is 5.75 Å². The van der Waals surface area contributed by atoms with Gasteiger partial charge in [0.25, 0.3) is 0 Å². The van der Waals surface area contributed by atoms with E-state index in [1.807, 2.05) is 20.3 Å². The zero-order valence-corrected chi connectivity index (χ0v) is 10.8. The summed E-state index contributed by atoms with van der Waals surface area (Å²) in [7, 11) is -5.62. The Labute approximate surface area is 95.6 Å². The molecule has 0 fully saturated rings. The molecule has 1 aromatic carbocycles. The number of hydrogen-bond acceptors (Lipinski definition) is 4. The fourth-order valence-electron chi connectivity index (χ4n) is 1.04. The van der Waals surface area contributed by atoms with Crippen LogP contribution in [0.2, 0.25) is 0 Å². The summed E-state index contributed by atoms with van der Waals surface area (Å²) in [6.07, 6.45) is 0. The average Bonchev–Trinajstić information content (AvgIpc) is 2.07. The Balaban J connectivity index is 2.98. The van der Waals surface area contributed by atoms with Crippen LogP contribution in [0.3, 0.4) is 0 Å². The van der Waals surface area contributed by atoms with Crippen LogP contribution in [0.15, 0.2) is 18.2 Å². The van der Waals surface area contributed by atoms with Crippen molar-refractivity contribution in [3.8, 4) is 11.5 Å². The third-order valence-corrected chi connectivity index (χ3v) is 2.59. The molecule has 16 heavy (non-hydrogen) atoms. The van der Waals surface area contributed by atoms with Gasteiger partial charge in [-0.1, -0.05) is 9.95 Å². The predicted octanol–water partition coefficient (Wildman–Crippen LogP) is 2.62. The Kier molecular flexibility index (Phi) is 4.10. The fraction of sp³-hybridized carbons (Fsp3) is 0.333. The lowest BCUT2D eigenvalue weighted by molar-refractivity contribution is 0.439. The van der Waals surface area contributed by atoms with Gasteiger partial charge in [-0.2, -0.15) is 8.42 Å². The predicted molar refractivity (Wildman–Crippen MR) is 61.2 cm³/mol. The first kappa shape index (κ1) is 13.2. The van der Waals surface area contributed by atoms with E-state index in [-0.39, 0.29) is 5.75 Å². The van der Waals surface area contributed by atoms with E-state index in [4.69, 9.17) is 4.52 Å². The summed E-state index contributed by atoms with van der Waals surface area (Å²) >= 11 is 0. The monoisotopic (exact) mass is 266 g/mol. The van der Waals surface area contributed by atoms with Crippen molar-refractivity contribution in [3.63, 3.8) is 0 Å². The van der Waals surface area contributed by atoms with Gasteiger partial charge in [0.05, 0.1) is 8.15 Å². The molecule has 0 atom stereocenters. The summed E-state index contributed by atoms with van der Waals surface area (Å²) in [5.74, 6) is 0.400. The molecule has 0 bridgehead atoms. The molecule has 0 aromatic heterocycles. The molecule has 0 radical (unpaired) electrons. The van der Waals surface area contributed by atoms with Crippen LogP contribution in [-0.4, -0.2) is 21.7 Å². The normalized spacial score (nSPS) is 11.6. The van der Waals surface area contributed by atoms with Crippen LogP contribution in [-0.2, 0) is 10.5 Å². The van der Waals surface area contributed by atoms with Crippen molar-refractivity contribution in [2.24, 2.45) is 0 Å². The SMILES string of the molecule is Cc1ccc(OS(=O)(=O)F)cc1OP(C)C. The molecule has 0 aliphatic heterocycles. The van der Waals surface area contributed by atoms with E-state index in [0.717, 1.165) is 5.56 Å². The van der Waals surface area contributed by atoms with Gasteiger partial charge in [0.15, 0.2) is 0 Å². The Hall–Kier alpha value is -0.870. The zero-order chi connectivity index (χ0) is 12.3. The van der Waals surface area contributed by atoms with Crippen LogP contribution < -0.4 is 8.71 Å². The summed E-state index contributed by atoms with van der Waals surface area (Å²) in [5, 5.41) is 0. The van der Waals surface area contributed by atoms with Crippen molar-refractivity contribution in [2.45, 2.75) is 6.92 Å². The number of aryl methyl sites for hydroxylation is 1. The highest BCUT2D eigenvalue weighted by atomic mass is 32.3. The van der Waals surface area contributed by atoms with Gasteiger partial charge in [-0.05, 0) is 31.9 Å². The van der Waals surface area contributed by atoms with Crippen molar-refractivity contribution in [1.29, 1.82) is 0 Å². The molecule has 0 saturated heterocycles. The largest absolute Gasteiger partial charge is 0.488 e. The van der Waals surface area contributed by atoms with Crippen LogP contribution in [0.4, 0.5) is 3.89 Å². The highest BCUT2D eigenvalue weighted by Gasteiger charge is 2.11. The minimum absolute atomic E-state index is 0.0973. The van der Waals surface area contributed by atoms with Crippen molar-refractivity contribution in [1.82, 2.24) is 0 Å². The lowest BCUT2D eigenvalue weighted by atomic mass is 10.2. The fourth-order valence-corrected chi connectivity index (χ4v) is 1.97. The molecule has 0 heterocycles. The standard InChI is InChI=1S/C9H12FO4PS/c1-7-4-5-8(14-16(10,11)12)6-9(7)13-15(2)3/h4-6H,1-3H3. The second kappa shape index (κ2) is 4.97. The number of rotatable bonds is 4. The first-order valence-electron chi connectivity index (χ1n) is 4.38. The third kappa shape index (κ3) is 4.33. The van der Waals surface area contributed by atoms with Crippen molar-refractivity contribution >= 4 is 18.7 Å². The average molecular weight is 266 g/mol. The number of benzene rings is 1. The molecule has 0 N–H and O–H groups in total. The molecule has 0 aliphatic carbocycles. The molecule has 1 aromatic rings. The van der Waals surface area contributed by atoms with E-state index < -0.39 is 18.7 Å². The highest BCUT2D eigenvalue weighted by molar-refractivity contribution is 7.81. The van der Waals surface area contributed by atoms with E-state index >= 15 is 0 Å². The van der Waals surface area contributed by atoms with E-state index in [1.165, 1.54) is 12.1 Å². The van der Waals surface area contributed by atoms with E-state index in [1.54, 1.807) is 6.07 Å². The van der Waals surface area contributed by atoms with E-state index in [9.17, 15) is 12.3 Å². The molecule has 1 rings (SSSR count). The number of hydrogen-bond donors (Lipinski definition) is 0. The van der Waals surface area contributed by atoms with E-state index in [2.05, 4.69) is 4.18 Å².